The van der Waals surface area contributed by atoms with Crippen LogP contribution in [-0.4, -0.2) is 56.1 Å². The van der Waals surface area contributed by atoms with Gasteiger partial charge in [0.1, 0.15) is 18.3 Å². The van der Waals surface area contributed by atoms with Gasteiger partial charge in [0.2, 0.25) is 0 Å². The third-order valence-electron chi connectivity index (χ3n) is 2.16. The molecule has 1 fully saturated rings. The van der Waals surface area contributed by atoms with Crippen LogP contribution < -0.4 is 68.9 Å². The molecule has 0 aliphatic carbocycles. The molecule has 0 aromatic heterocycles. The van der Waals surface area contributed by atoms with Gasteiger partial charge in [-0.25, -0.2) is 9.13 Å². The fourth-order valence-electron chi connectivity index (χ4n) is 1.39. The predicted octanol–water partition coefficient (Wildman–Crippen LogP) is -9.49. The Morgan fingerprint density at radius 2 is 1.50 bits per heavy atom. The van der Waals surface area contributed by atoms with Crippen LogP contribution in [0.1, 0.15) is 0 Å². The molecule has 19 heteroatoms. The summed E-state index contributed by atoms with van der Waals surface area (Å²) in [5.74, 6) is 0. The zero-order chi connectivity index (χ0) is 17.3. The second kappa shape index (κ2) is 10.7. The van der Waals surface area contributed by atoms with E-state index >= 15 is 0 Å². The average Bonchev–Trinajstić information content (AvgIpc) is 2.49. The summed E-state index contributed by atoms with van der Waals surface area (Å²) in [4.78, 5) is 46.3. The van der Waals surface area contributed by atoms with E-state index in [0.29, 0.717) is 0 Å². The molecule has 0 saturated carbocycles. The molecular weight excluding hydrogens is 423 g/mol. The van der Waals surface area contributed by atoms with Gasteiger partial charge >= 0.3 is 74.8 Å². The maximum Gasteiger partial charge on any atom is 1.00 e. The van der Waals surface area contributed by atoms with E-state index in [2.05, 4.69) is 18.1 Å². The summed E-state index contributed by atoms with van der Waals surface area (Å²) < 4.78 is 47.9. The van der Waals surface area contributed by atoms with Crippen LogP contribution in [0.3, 0.4) is 0 Å². The van der Waals surface area contributed by atoms with Gasteiger partial charge in [-0.1, -0.05) is 0 Å². The summed E-state index contributed by atoms with van der Waals surface area (Å²) in [6.07, 6.45) is -7.64. The standard InChI is InChI=1S/C5H13O14P3.2Na/c6-3-2(1-16-20(8,9)10)17-5(4(3)7)18-22(14,15)19-21(11,12)13;;/h2-7H,1H2,(H,14,15)(H2,8,9,10)(H2,11,12,13);;/q;2*+1/p-2. The molecule has 0 amide bonds. The Balaban J connectivity index is 0. The number of phosphoric acid groups is 3. The first-order valence-corrected chi connectivity index (χ1v) is 9.65. The number of aliphatic hydroxyl groups excluding tert-OH is 2. The summed E-state index contributed by atoms with van der Waals surface area (Å²) >= 11 is 0. The first kappa shape index (κ1) is 28.5. The SMILES string of the molecule is O=P([O-])([O-])OCC1OC(OP(=O)(O)OP(=O)(O)O)C(O)C1O.[Na+].[Na+]. The molecule has 24 heavy (non-hydrogen) atoms. The zero-order valence-electron chi connectivity index (χ0n) is 12.3. The van der Waals surface area contributed by atoms with Gasteiger partial charge in [-0.2, -0.15) is 4.31 Å². The van der Waals surface area contributed by atoms with Gasteiger partial charge in [-0.3, -0.25) is 4.52 Å². The Labute approximate surface area is 179 Å². The van der Waals surface area contributed by atoms with Gasteiger partial charge in [-0.15, -0.1) is 0 Å². The molecule has 5 atom stereocenters. The van der Waals surface area contributed by atoms with Gasteiger partial charge in [0.05, 0.1) is 14.4 Å². The third kappa shape index (κ3) is 10.5. The van der Waals surface area contributed by atoms with Gasteiger partial charge in [0.25, 0.3) is 0 Å². The number of hydrogen-bond acceptors (Lipinski definition) is 11. The first-order valence-electron chi connectivity index (χ1n) is 5.16. The maximum absolute atomic E-state index is 11.2. The molecule has 0 radical (unpaired) electrons. The molecule has 0 bridgehead atoms. The minimum atomic E-state index is -5.41. The van der Waals surface area contributed by atoms with Crippen LogP contribution in [-0.2, 0) is 31.8 Å². The van der Waals surface area contributed by atoms with Crippen molar-refractivity contribution in [2.45, 2.75) is 24.6 Å². The Morgan fingerprint density at radius 1 is 1.00 bits per heavy atom. The van der Waals surface area contributed by atoms with Crippen LogP contribution in [0.25, 0.3) is 0 Å². The third-order valence-corrected chi connectivity index (χ3v) is 4.78. The zero-order valence-corrected chi connectivity index (χ0v) is 19.0. The van der Waals surface area contributed by atoms with Gasteiger partial charge in [0, 0.05) is 0 Å². The minimum Gasteiger partial charge on any atom is -0.790 e. The van der Waals surface area contributed by atoms with Crippen molar-refractivity contribution in [3.05, 3.63) is 0 Å². The molecule has 5 unspecified atom stereocenters. The van der Waals surface area contributed by atoms with E-state index in [9.17, 15) is 33.7 Å². The summed E-state index contributed by atoms with van der Waals surface area (Å²) in [6.45, 7) is -1.03. The first-order chi connectivity index (χ1) is 9.70. The van der Waals surface area contributed by atoms with Crippen LogP contribution in [0.4, 0.5) is 0 Å². The number of hydrogen-bond donors (Lipinski definition) is 5. The second-order valence-electron chi connectivity index (χ2n) is 3.91. The predicted molar refractivity (Wildman–Crippen MR) is 58.3 cm³/mol. The Bertz CT molecular complexity index is 531. The van der Waals surface area contributed by atoms with E-state index < -0.39 is 54.7 Å². The molecule has 1 aliphatic rings. The minimum absolute atomic E-state index is 0. The largest absolute Gasteiger partial charge is 1.00 e. The molecular formula is C5H11Na2O14P3. The molecule has 0 spiro atoms. The van der Waals surface area contributed by atoms with Crippen molar-refractivity contribution in [2.24, 2.45) is 0 Å². The van der Waals surface area contributed by atoms with E-state index in [4.69, 9.17) is 14.7 Å². The molecule has 5 N–H and O–H groups in total. The van der Waals surface area contributed by atoms with Crippen LogP contribution in [0, 0.1) is 0 Å². The van der Waals surface area contributed by atoms with Crippen molar-refractivity contribution in [3.8, 4) is 0 Å². The summed E-state index contributed by atoms with van der Waals surface area (Å²) in [6, 6.07) is 0. The summed E-state index contributed by atoms with van der Waals surface area (Å²) in [7, 11) is -16.2. The van der Waals surface area contributed by atoms with Gasteiger partial charge in [-0.05, 0) is 0 Å². The molecule has 1 rings (SSSR count). The van der Waals surface area contributed by atoms with Crippen molar-refractivity contribution in [3.63, 3.8) is 0 Å². The van der Waals surface area contributed by atoms with Crippen molar-refractivity contribution < 1.29 is 126 Å². The fourth-order valence-corrected chi connectivity index (χ4v) is 3.38. The molecule has 14 nitrogen and oxygen atoms in total. The molecule has 132 valence electrons. The smallest absolute Gasteiger partial charge is 0.790 e. The van der Waals surface area contributed by atoms with E-state index in [1.165, 1.54) is 0 Å². The molecule has 0 aromatic carbocycles. The number of rotatable bonds is 7. The van der Waals surface area contributed by atoms with Crippen LogP contribution in [0.2, 0.25) is 0 Å². The Hall–Kier alpha value is 2.25. The van der Waals surface area contributed by atoms with E-state index in [1.807, 2.05) is 0 Å². The van der Waals surface area contributed by atoms with Crippen molar-refractivity contribution in [1.82, 2.24) is 0 Å². The monoisotopic (exact) mass is 434 g/mol. The van der Waals surface area contributed by atoms with E-state index in [1.54, 1.807) is 0 Å². The fraction of sp³-hybridized carbons (Fsp3) is 1.00. The number of ether oxygens (including phenoxy) is 1. The summed E-state index contributed by atoms with van der Waals surface area (Å²) in [5, 5.41) is 18.9. The van der Waals surface area contributed by atoms with Gasteiger partial charge in [0.15, 0.2) is 6.29 Å². The van der Waals surface area contributed by atoms with Crippen LogP contribution in [0.5, 0.6) is 0 Å². The van der Waals surface area contributed by atoms with Gasteiger partial charge < -0.3 is 48.5 Å². The number of aliphatic hydroxyl groups is 2. The molecule has 1 aliphatic heterocycles. The molecule has 1 saturated heterocycles. The van der Waals surface area contributed by atoms with E-state index in [-0.39, 0.29) is 59.1 Å². The van der Waals surface area contributed by atoms with E-state index in [0.717, 1.165) is 0 Å². The Kier molecular flexibility index (Phi) is 12.7. The molecule has 0 aromatic rings. The molecule has 1 heterocycles. The van der Waals surface area contributed by atoms with Crippen LogP contribution in [0.15, 0.2) is 0 Å². The second-order valence-corrected chi connectivity index (χ2v) is 7.85. The summed E-state index contributed by atoms with van der Waals surface area (Å²) in [5.41, 5.74) is 0. The average molecular weight is 434 g/mol. The van der Waals surface area contributed by atoms with Crippen molar-refractivity contribution in [2.75, 3.05) is 6.61 Å². The maximum atomic E-state index is 11.2. The topological polar surface area (TPSA) is 235 Å². The van der Waals surface area contributed by atoms with Crippen LogP contribution >= 0.6 is 23.5 Å². The quantitative estimate of drug-likeness (QED) is 0.185. The van der Waals surface area contributed by atoms with Crippen molar-refractivity contribution >= 4 is 23.5 Å². The normalized spacial score (nSPS) is 30.1. The van der Waals surface area contributed by atoms with Crippen molar-refractivity contribution in [1.29, 1.82) is 0 Å². The number of phosphoric ester groups is 2. The Morgan fingerprint density at radius 3 is 1.92 bits per heavy atom.